The van der Waals surface area contributed by atoms with Crippen LogP contribution >= 0.6 is 0 Å². The van der Waals surface area contributed by atoms with Gasteiger partial charge in [-0.05, 0) is 55.3 Å². The third-order valence-corrected chi connectivity index (χ3v) is 5.37. The number of benzene rings is 2. The number of hydrogen-bond acceptors (Lipinski definition) is 5. The largest absolute Gasteiger partial charge is 0.493 e. The van der Waals surface area contributed by atoms with E-state index in [1.807, 2.05) is 18.2 Å². The molecule has 1 saturated heterocycles. The topological polar surface area (TPSA) is 59.0 Å². The van der Waals surface area contributed by atoms with Crippen molar-refractivity contribution in [2.45, 2.75) is 25.8 Å². The lowest BCUT2D eigenvalue weighted by Crippen LogP contribution is -2.38. The van der Waals surface area contributed by atoms with Crippen LogP contribution in [0.15, 0.2) is 42.5 Å². The fourth-order valence-corrected chi connectivity index (χ4v) is 3.81. The van der Waals surface area contributed by atoms with Gasteiger partial charge in [0.05, 0.1) is 20.8 Å². The summed E-state index contributed by atoms with van der Waals surface area (Å²) in [5.41, 5.74) is 2.83. The number of piperidine rings is 1. The van der Waals surface area contributed by atoms with Crippen molar-refractivity contribution in [3.63, 3.8) is 0 Å². The zero-order valence-electron chi connectivity index (χ0n) is 17.7. The Kier molecular flexibility index (Phi) is 7.89. The van der Waals surface area contributed by atoms with Crippen LogP contribution in [0.25, 0.3) is 0 Å². The van der Waals surface area contributed by atoms with Gasteiger partial charge in [-0.15, -0.1) is 0 Å². The van der Waals surface area contributed by atoms with Crippen LogP contribution in [0.2, 0.25) is 0 Å². The first-order valence-electron chi connectivity index (χ1n) is 10.3. The van der Waals surface area contributed by atoms with Crippen LogP contribution in [0.5, 0.6) is 11.5 Å². The fourth-order valence-electron chi connectivity index (χ4n) is 3.81. The maximum Gasteiger partial charge on any atom is 0.167 e. The molecule has 1 fully saturated rings. The molecule has 0 radical (unpaired) electrons. The second-order valence-electron chi connectivity index (χ2n) is 7.48. The van der Waals surface area contributed by atoms with Gasteiger partial charge in [-0.3, -0.25) is 9.69 Å². The number of methoxy groups -OCH3 is 2. The molecule has 1 atom stereocenters. The minimum atomic E-state index is -0.0135. The summed E-state index contributed by atoms with van der Waals surface area (Å²) in [4.78, 5) is 15.4. The molecule has 0 aliphatic carbocycles. The predicted octanol–water partition coefficient (Wildman–Crippen LogP) is 3.53. The third kappa shape index (κ3) is 5.63. The summed E-state index contributed by atoms with van der Waals surface area (Å²) in [5, 5.41) is 8.81. The molecule has 5 heteroatoms. The molecule has 1 aliphatic heterocycles. The smallest absolute Gasteiger partial charge is 0.167 e. The molecule has 3 rings (SSSR count). The number of hydrogen-bond donors (Lipinski definition) is 1. The molecule has 0 aromatic heterocycles. The van der Waals surface area contributed by atoms with E-state index < -0.39 is 0 Å². The lowest BCUT2D eigenvalue weighted by atomic mass is 9.89. The predicted molar refractivity (Wildman–Crippen MR) is 117 cm³/mol. The van der Waals surface area contributed by atoms with Crippen molar-refractivity contribution in [3.8, 4) is 23.3 Å². The fraction of sp³-hybridized carbons (Fsp3) is 0.400. The SMILES string of the molecule is COc1ccc(C(=O)[C@H]2CCCN(Cc3ccc(C#CCCO)cc3)C2)cc1OC. The van der Waals surface area contributed by atoms with Gasteiger partial charge in [0.1, 0.15) is 0 Å². The van der Waals surface area contributed by atoms with Gasteiger partial charge in [0.15, 0.2) is 17.3 Å². The molecule has 1 heterocycles. The lowest BCUT2D eigenvalue weighted by molar-refractivity contribution is 0.0811. The second-order valence-corrected chi connectivity index (χ2v) is 7.48. The molecule has 0 amide bonds. The lowest BCUT2D eigenvalue weighted by Gasteiger charge is -2.32. The Morgan fingerprint density at radius 2 is 1.90 bits per heavy atom. The molecule has 30 heavy (non-hydrogen) atoms. The Labute approximate surface area is 178 Å². The van der Waals surface area contributed by atoms with E-state index in [9.17, 15) is 4.79 Å². The number of ketones is 1. The van der Waals surface area contributed by atoms with Gasteiger partial charge in [0, 0.05) is 36.6 Å². The summed E-state index contributed by atoms with van der Waals surface area (Å²) in [5.74, 6) is 7.34. The monoisotopic (exact) mass is 407 g/mol. The summed E-state index contributed by atoms with van der Waals surface area (Å²) >= 11 is 0. The summed E-state index contributed by atoms with van der Waals surface area (Å²) in [6.45, 7) is 2.66. The number of likely N-dealkylation sites (tertiary alicyclic amines) is 1. The molecule has 2 aromatic carbocycles. The molecular weight excluding hydrogens is 378 g/mol. The van der Waals surface area contributed by atoms with E-state index in [1.165, 1.54) is 5.56 Å². The number of carbonyl (C=O) groups excluding carboxylic acids is 1. The summed E-state index contributed by atoms with van der Waals surface area (Å²) in [6.07, 6.45) is 2.41. The molecule has 2 aromatic rings. The van der Waals surface area contributed by atoms with Crippen LogP contribution in [0.3, 0.4) is 0 Å². The van der Waals surface area contributed by atoms with Gasteiger partial charge in [-0.25, -0.2) is 0 Å². The van der Waals surface area contributed by atoms with Gasteiger partial charge in [0.2, 0.25) is 0 Å². The van der Waals surface area contributed by atoms with Crippen molar-refractivity contribution in [2.75, 3.05) is 33.9 Å². The number of nitrogens with zero attached hydrogens (tertiary/aromatic N) is 1. The van der Waals surface area contributed by atoms with E-state index in [4.69, 9.17) is 14.6 Å². The van der Waals surface area contributed by atoms with Gasteiger partial charge in [-0.1, -0.05) is 24.0 Å². The Bertz CT molecular complexity index is 911. The van der Waals surface area contributed by atoms with Crippen LogP contribution in [0, 0.1) is 17.8 Å². The molecule has 0 bridgehead atoms. The highest BCUT2D eigenvalue weighted by molar-refractivity contribution is 5.98. The minimum absolute atomic E-state index is 0.0135. The van der Waals surface area contributed by atoms with Crippen LogP contribution < -0.4 is 9.47 Å². The average molecular weight is 408 g/mol. The number of ether oxygens (including phenoxy) is 2. The van der Waals surface area contributed by atoms with Gasteiger partial charge < -0.3 is 14.6 Å². The van der Waals surface area contributed by atoms with E-state index >= 15 is 0 Å². The van der Waals surface area contributed by atoms with Crippen molar-refractivity contribution >= 4 is 5.78 Å². The normalized spacial score (nSPS) is 16.4. The van der Waals surface area contributed by atoms with E-state index in [2.05, 4.69) is 28.9 Å². The molecular formula is C25H29NO4. The van der Waals surface area contributed by atoms with E-state index in [1.54, 1.807) is 26.4 Å². The number of aliphatic hydroxyl groups excluding tert-OH is 1. The minimum Gasteiger partial charge on any atom is -0.493 e. The van der Waals surface area contributed by atoms with Crippen LogP contribution in [-0.4, -0.2) is 49.7 Å². The van der Waals surface area contributed by atoms with Crippen molar-refractivity contribution in [3.05, 3.63) is 59.2 Å². The van der Waals surface area contributed by atoms with Crippen molar-refractivity contribution in [1.82, 2.24) is 4.90 Å². The summed E-state index contributed by atoms with van der Waals surface area (Å²) < 4.78 is 10.6. The van der Waals surface area contributed by atoms with Crippen LogP contribution in [0.1, 0.15) is 40.7 Å². The van der Waals surface area contributed by atoms with Crippen LogP contribution in [0.4, 0.5) is 0 Å². The van der Waals surface area contributed by atoms with Crippen LogP contribution in [-0.2, 0) is 6.54 Å². The highest BCUT2D eigenvalue weighted by Crippen LogP contribution is 2.30. The Morgan fingerprint density at radius 3 is 2.60 bits per heavy atom. The maximum absolute atomic E-state index is 13.1. The van der Waals surface area contributed by atoms with Gasteiger partial charge in [0.25, 0.3) is 0 Å². The van der Waals surface area contributed by atoms with Crippen molar-refractivity contribution < 1.29 is 19.4 Å². The molecule has 0 saturated carbocycles. The zero-order valence-corrected chi connectivity index (χ0v) is 17.7. The standard InChI is InChI=1S/C25H29NO4/c1-29-23-13-12-21(16-24(23)30-2)25(28)22-7-5-14-26(18-22)17-20-10-8-19(9-11-20)6-3-4-15-27/h8-13,16,22,27H,4-5,7,14-15,17-18H2,1-2H3/t22-/m0/s1. The average Bonchev–Trinajstić information content (AvgIpc) is 2.79. The third-order valence-electron chi connectivity index (χ3n) is 5.37. The van der Waals surface area contributed by atoms with Gasteiger partial charge in [-0.2, -0.15) is 0 Å². The quantitative estimate of drug-likeness (QED) is 0.562. The van der Waals surface area contributed by atoms with E-state index in [-0.39, 0.29) is 18.3 Å². The first-order chi connectivity index (χ1) is 14.6. The summed E-state index contributed by atoms with van der Waals surface area (Å²) in [6, 6.07) is 13.6. The second kappa shape index (κ2) is 10.8. The van der Waals surface area contributed by atoms with Gasteiger partial charge >= 0.3 is 0 Å². The Morgan fingerprint density at radius 1 is 1.13 bits per heavy atom. The first-order valence-corrected chi connectivity index (χ1v) is 10.3. The van der Waals surface area contributed by atoms with Crippen molar-refractivity contribution in [2.24, 2.45) is 5.92 Å². The number of aliphatic hydroxyl groups is 1. The summed E-state index contributed by atoms with van der Waals surface area (Å²) in [7, 11) is 3.17. The molecule has 1 N–H and O–H groups in total. The number of Topliss-reactive ketones (excluding diaryl/α,β-unsaturated/α-hetero) is 1. The molecule has 0 spiro atoms. The van der Waals surface area contributed by atoms with E-state index in [0.29, 0.717) is 23.5 Å². The van der Waals surface area contributed by atoms with E-state index in [0.717, 1.165) is 38.0 Å². The Hall–Kier alpha value is -2.81. The van der Waals surface area contributed by atoms with Crippen molar-refractivity contribution in [1.29, 1.82) is 0 Å². The highest BCUT2D eigenvalue weighted by atomic mass is 16.5. The first kappa shape index (κ1) is 21.9. The molecule has 158 valence electrons. The molecule has 5 nitrogen and oxygen atoms in total. The number of carbonyl (C=O) groups is 1. The maximum atomic E-state index is 13.1. The number of rotatable bonds is 7. The highest BCUT2D eigenvalue weighted by Gasteiger charge is 2.27. The Balaban J connectivity index is 1.62. The molecule has 1 aliphatic rings. The zero-order chi connectivity index (χ0) is 21.3. The molecule has 0 unspecified atom stereocenters.